The van der Waals surface area contributed by atoms with E-state index in [9.17, 15) is 18.0 Å². The van der Waals surface area contributed by atoms with Crippen molar-refractivity contribution >= 4 is 10.8 Å². The van der Waals surface area contributed by atoms with Crippen LogP contribution in [0.1, 0.15) is 0 Å². The first-order valence-electron chi connectivity index (χ1n) is 5.69. The zero-order valence-corrected chi connectivity index (χ0v) is 9.95. The third-order valence-corrected chi connectivity index (χ3v) is 2.95. The van der Waals surface area contributed by atoms with E-state index in [1.165, 1.54) is 24.3 Å². The molecule has 0 saturated heterocycles. The Morgan fingerprint density at radius 3 is 2.15 bits per heavy atom. The minimum atomic E-state index is -1.11. The molecular formula is C14H7F3N2O. The number of H-pyrrole nitrogens is 1. The Morgan fingerprint density at radius 2 is 1.50 bits per heavy atom. The summed E-state index contributed by atoms with van der Waals surface area (Å²) in [5, 5.41) is 6.19. The van der Waals surface area contributed by atoms with Gasteiger partial charge in [-0.1, -0.05) is 0 Å². The smallest absolute Gasteiger partial charge is 0.267 e. The molecule has 0 aliphatic heterocycles. The average Bonchev–Trinajstić information content (AvgIpc) is 2.43. The van der Waals surface area contributed by atoms with Gasteiger partial charge in [0.05, 0.1) is 11.1 Å². The summed E-state index contributed by atoms with van der Waals surface area (Å²) in [6.45, 7) is 0. The molecule has 1 N–H and O–H groups in total. The van der Waals surface area contributed by atoms with Crippen LogP contribution in [0, 0.1) is 17.5 Å². The fourth-order valence-corrected chi connectivity index (χ4v) is 1.99. The van der Waals surface area contributed by atoms with Gasteiger partial charge in [-0.2, -0.15) is 5.10 Å². The third-order valence-electron chi connectivity index (χ3n) is 2.95. The van der Waals surface area contributed by atoms with Gasteiger partial charge in [-0.25, -0.2) is 18.3 Å². The SMILES string of the molecule is O=c1[nH]nc(-c2ccc(F)cc2)c2cc(F)c(F)cc12. The van der Waals surface area contributed by atoms with Gasteiger partial charge in [0.25, 0.3) is 5.56 Å². The molecule has 0 aliphatic rings. The number of aromatic nitrogens is 2. The summed E-state index contributed by atoms with van der Waals surface area (Å²) in [4.78, 5) is 11.6. The summed E-state index contributed by atoms with van der Waals surface area (Å²) in [5.41, 5.74) is 0.113. The monoisotopic (exact) mass is 276 g/mol. The van der Waals surface area contributed by atoms with Crippen molar-refractivity contribution in [1.82, 2.24) is 10.2 Å². The number of hydrogen-bond acceptors (Lipinski definition) is 2. The van der Waals surface area contributed by atoms with Crippen LogP contribution >= 0.6 is 0 Å². The number of nitrogens with one attached hydrogen (secondary N) is 1. The summed E-state index contributed by atoms with van der Waals surface area (Å²) in [7, 11) is 0. The van der Waals surface area contributed by atoms with E-state index in [1.54, 1.807) is 0 Å². The molecule has 0 radical (unpaired) electrons. The van der Waals surface area contributed by atoms with Gasteiger partial charge in [-0.3, -0.25) is 4.79 Å². The minimum absolute atomic E-state index is 0.0155. The maximum atomic E-state index is 13.4. The molecule has 0 aliphatic carbocycles. The molecule has 6 heteroatoms. The van der Waals surface area contributed by atoms with E-state index in [-0.39, 0.29) is 16.5 Å². The first kappa shape index (κ1) is 12.4. The van der Waals surface area contributed by atoms with Crippen molar-refractivity contribution in [1.29, 1.82) is 0 Å². The highest BCUT2D eigenvalue weighted by molar-refractivity contribution is 5.93. The van der Waals surface area contributed by atoms with Crippen molar-refractivity contribution in [3.05, 3.63) is 64.2 Å². The van der Waals surface area contributed by atoms with Crippen molar-refractivity contribution < 1.29 is 13.2 Å². The first-order valence-corrected chi connectivity index (χ1v) is 5.69. The fourth-order valence-electron chi connectivity index (χ4n) is 1.99. The van der Waals surface area contributed by atoms with E-state index in [0.29, 0.717) is 5.56 Å². The van der Waals surface area contributed by atoms with Crippen LogP contribution in [0.15, 0.2) is 41.2 Å². The van der Waals surface area contributed by atoms with E-state index in [2.05, 4.69) is 10.2 Å². The molecule has 100 valence electrons. The van der Waals surface area contributed by atoms with Crippen molar-refractivity contribution in [2.75, 3.05) is 0 Å². The van der Waals surface area contributed by atoms with Gasteiger partial charge in [-0.05, 0) is 36.4 Å². The number of benzene rings is 2. The normalized spacial score (nSPS) is 10.9. The zero-order chi connectivity index (χ0) is 14.3. The number of fused-ring (bicyclic) bond motifs is 1. The van der Waals surface area contributed by atoms with Crippen LogP contribution in [0.3, 0.4) is 0 Å². The standard InChI is InChI=1S/C14H7F3N2O/c15-8-3-1-7(2-4-8)13-9-5-11(16)12(17)6-10(9)14(20)19-18-13/h1-6H,(H,19,20). The Morgan fingerprint density at radius 1 is 0.900 bits per heavy atom. The van der Waals surface area contributed by atoms with Gasteiger partial charge in [-0.15, -0.1) is 0 Å². The van der Waals surface area contributed by atoms with Crippen LogP contribution in [0.25, 0.3) is 22.0 Å². The van der Waals surface area contributed by atoms with Crippen LogP contribution in [-0.2, 0) is 0 Å². The van der Waals surface area contributed by atoms with Gasteiger partial charge < -0.3 is 0 Å². The van der Waals surface area contributed by atoms with E-state index < -0.39 is 23.0 Å². The van der Waals surface area contributed by atoms with Gasteiger partial charge in [0.15, 0.2) is 11.6 Å². The van der Waals surface area contributed by atoms with Crippen molar-refractivity contribution in [2.24, 2.45) is 0 Å². The Hall–Kier alpha value is -2.63. The molecule has 0 atom stereocenters. The van der Waals surface area contributed by atoms with E-state index in [1.807, 2.05) is 0 Å². The number of halogens is 3. The molecule has 3 rings (SSSR count). The average molecular weight is 276 g/mol. The van der Waals surface area contributed by atoms with E-state index in [4.69, 9.17) is 0 Å². The molecule has 0 saturated carbocycles. The van der Waals surface area contributed by atoms with Crippen LogP contribution in [0.2, 0.25) is 0 Å². The molecule has 1 aromatic heterocycles. The Bertz CT molecular complexity index is 857. The van der Waals surface area contributed by atoms with Crippen molar-refractivity contribution in [3.63, 3.8) is 0 Å². The summed E-state index contributed by atoms with van der Waals surface area (Å²) < 4.78 is 39.5. The molecule has 0 amide bonds. The van der Waals surface area contributed by atoms with Gasteiger partial charge in [0.1, 0.15) is 5.82 Å². The second-order valence-electron chi connectivity index (χ2n) is 4.22. The number of aromatic amines is 1. The lowest BCUT2D eigenvalue weighted by Gasteiger charge is -2.05. The molecule has 20 heavy (non-hydrogen) atoms. The van der Waals surface area contributed by atoms with Crippen LogP contribution < -0.4 is 5.56 Å². The van der Waals surface area contributed by atoms with Gasteiger partial charge in [0, 0.05) is 10.9 Å². The van der Waals surface area contributed by atoms with Crippen LogP contribution in [-0.4, -0.2) is 10.2 Å². The maximum absolute atomic E-state index is 13.4. The minimum Gasteiger partial charge on any atom is -0.267 e. The highest BCUT2D eigenvalue weighted by atomic mass is 19.2. The van der Waals surface area contributed by atoms with Crippen LogP contribution in [0.4, 0.5) is 13.2 Å². The largest absolute Gasteiger partial charge is 0.272 e. The van der Waals surface area contributed by atoms with E-state index in [0.717, 1.165) is 12.1 Å². The summed E-state index contributed by atoms with van der Waals surface area (Å²) in [6, 6.07) is 7.04. The Kier molecular flexibility index (Phi) is 2.78. The fraction of sp³-hybridized carbons (Fsp3) is 0. The topological polar surface area (TPSA) is 45.8 Å². The Labute approximate surface area is 110 Å². The Balaban J connectivity index is 2.37. The second kappa shape index (κ2) is 4.48. The molecule has 0 unspecified atom stereocenters. The molecule has 2 aromatic carbocycles. The number of nitrogens with zero attached hydrogens (tertiary/aromatic N) is 1. The molecular weight excluding hydrogens is 269 g/mol. The summed E-state index contributed by atoms with van der Waals surface area (Å²) in [5.74, 6) is -2.62. The van der Waals surface area contributed by atoms with Crippen LogP contribution in [0.5, 0.6) is 0 Å². The second-order valence-corrected chi connectivity index (χ2v) is 4.22. The number of rotatable bonds is 1. The quantitative estimate of drug-likeness (QED) is 0.742. The lowest BCUT2D eigenvalue weighted by molar-refractivity contribution is 0.511. The lowest BCUT2D eigenvalue weighted by Crippen LogP contribution is -2.10. The first-order chi connectivity index (χ1) is 9.56. The molecule has 0 fully saturated rings. The predicted octanol–water partition coefficient (Wildman–Crippen LogP) is 3.01. The lowest BCUT2D eigenvalue weighted by atomic mass is 10.0. The van der Waals surface area contributed by atoms with E-state index >= 15 is 0 Å². The predicted molar refractivity (Wildman–Crippen MR) is 67.7 cm³/mol. The maximum Gasteiger partial charge on any atom is 0.272 e. The third kappa shape index (κ3) is 1.95. The molecule has 0 spiro atoms. The van der Waals surface area contributed by atoms with Gasteiger partial charge in [0.2, 0.25) is 0 Å². The molecule has 3 nitrogen and oxygen atoms in total. The summed E-state index contributed by atoms with van der Waals surface area (Å²) >= 11 is 0. The molecule has 1 heterocycles. The number of hydrogen-bond donors (Lipinski definition) is 1. The van der Waals surface area contributed by atoms with Crippen molar-refractivity contribution in [2.45, 2.75) is 0 Å². The van der Waals surface area contributed by atoms with Crippen molar-refractivity contribution in [3.8, 4) is 11.3 Å². The highest BCUT2D eigenvalue weighted by Crippen LogP contribution is 2.26. The summed E-state index contributed by atoms with van der Waals surface area (Å²) in [6.07, 6.45) is 0. The zero-order valence-electron chi connectivity index (χ0n) is 9.95. The molecule has 0 bridgehead atoms. The molecule has 3 aromatic rings. The van der Waals surface area contributed by atoms with Gasteiger partial charge >= 0.3 is 0 Å². The highest BCUT2D eigenvalue weighted by Gasteiger charge is 2.13.